The van der Waals surface area contributed by atoms with Gasteiger partial charge in [0.25, 0.3) is 0 Å². The summed E-state index contributed by atoms with van der Waals surface area (Å²) in [5, 5.41) is 15.5. The van der Waals surface area contributed by atoms with Crippen LogP contribution in [0.5, 0.6) is 0 Å². The lowest BCUT2D eigenvalue weighted by molar-refractivity contribution is -0.130. The fourth-order valence-electron chi connectivity index (χ4n) is 4.15. The Morgan fingerprint density at radius 1 is 1.32 bits per heavy atom. The standard InChI is InChI=1S/C24H36FN3O6/c1-14-10-16(25)8-9-18(14)19(27-31)12-26-22(29)15(2)21(33-7)20-11-17(32-6)13-28(20)23(30)34-24(3,4)5/h8-10,15,17,20-21,31H,11-13H2,1-7H3,(H,26,29)/b27-19+/t15-,17?,20?,21-/m1/s1. The number of carbonyl (C=O) groups excluding carboxylic acids is 2. The van der Waals surface area contributed by atoms with Crippen molar-refractivity contribution in [1.29, 1.82) is 0 Å². The number of hydrogen-bond acceptors (Lipinski definition) is 7. The quantitative estimate of drug-likeness (QED) is 0.335. The number of amides is 2. The van der Waals surface area contributed by atoms with Crippen molar-refractivity contribution in [1.82, 2.24) is 10.2 Å². The summed E-state index contributed by atoms with van der Waals surface area (Å²) in [5.41, 5.74) is 0.628. The Morgan fingerprint density at radius 2 is 2.00 bits per heavy atom. The third-order valence-electron chi connectivity index (χ3n) is 5.87. The Morgan fingerprint density at radius 3 is 2.53 bits per heavy atom. The van der Waals surface area contributed by atoms with Crippen LogP contribution in [-0.4, -0.2) is 79.0 Å². The number of rotatable bonds is 8. The minimum atomic E-state index is -0.670. The highest BCUT2D eigenvalue weighted by Gasteiger charge is 2.45. The summed E-state index contributed by atoms with van der Waals surface area (Å²) < 4.78 is 30.1. The average molecular weight is 482 g/mol. The molecule has 2 rings (SSSR count). The molecule has 190 valence electrons. The van der Waals surface area contributed by atoms with Gasteiger partial charge in [-0.2, -0.15) is 0 Å². The van der Waals surface area contributed by atoms with Gasteiger partial charge < -0.3 is 24.7 Å². The van der Waals surface area contributed by atoms with Crippen molar-refractivity contribution in [2.45, 2.75) is 64.9 Å². The summed E-state index contributed by atoms with van der Waals surface area (Å²) in [7, 11) is 3.07. The fraction of sp³-hybridized carbons (Fsp3) is 0.625. The first-order chi connectivity index (χ1) is 15.9. The van der Waals surface area contributed by atoms with Crippen molar-refractivity contribution in [3.8, 4) is 0 Å². The molecule has 2 amide bonds. The molecule has 1 aliphatic heterocycles. The predicted molar refractivity (Wildman–Crippen MR) is 125 cm³/mol. The Labute approximate surface area is 200 Å². The second-order valence-electron chi connectivity index (χ2n) is 9.51. The number of nitrogens with one attached hydrogen (secondary N) is 1. The Balaban J connectivity index is 2.13. The van der Waals surface area contributed by atoms with Gasteiger partial charge in [0.15, 0.2) is 0 Å². The predicted octanol–water partition coefficient (Wildman–Crippen LogP) is 3.10. The third kappa shape index (κ3) is 6.89. The van der Waals surface area contributed by atoms with E-state index in [9.17, 15) is 19.2 Å². The molecule has 1 fully saturated rings. The number of benzene rings is 1. The summed E-state index contributed by atoms with van der Waals surface area (Å²) in [6.45, 7) is 9.02. The molecular formula is C24H36FN3O6. The van der Waals surface area contributed by atoms with Gasteiger partial charge in [0.1, 0.15) is 17.1 Å². The van der Waals surface area contributed by atoms with Gasteiger partial charge in [0.05, 0.1) is 37.3 Å². The molecule has 0 spiro atoms. The summed E-state index contributed by atoms with van der Waals surface area (Å²) in [6, 6.07) is 3.64. The van der Waals surface area contributed by atoms with E-state index in [4.69, 9.17) is 14.2 Å². The number of hydrogen-bond donors (Lipinski definition) is 2. The maximum Gasteiger partial charge on any atom is 0.410 e. The molecule has 0 radical (unpaired) electrons. The molecule has 34 heavy (non-hydrogen) atoms. The van der Waals surface area contributed by atoms with Gasteiger partial charge in [-0.05, 0) is 57.9 Å². The van der Waals surface area contributed by atoms with Crippen LogP contribution < -0.4 is 5.32 Å². The number of aryl methyl sites for hydroxylation is 1. The SMILES string of the molecule is COC1CC([C@H](OC)[C@@H](C)C(=O)NC/C(=N\O)c2ccc(F)cc2C)N(C(=O)OC(C)(C)C)C1. The molecule has 1 saturated heterocycles. The Bertz CT molecular complexity index is 901. The summed E-state index contributed by atoms with van der Waals surface area (Å²) in [4.78, 5) is 27.4. The van der Waals surface area contributed by atoms with E-state index in [1.165, 1.54) is 25.3 Å². The highest BCUT2D eigenvalue weighted by Crippen LogP contribution is 2.29. The first-order valence-electron chi connectivity index (χ1n) is 11.2. The summed E-state index contributed by atoms with van der Waals surface area (Å²) in [5.74, 6) is -1.40. The second kappa shape index (κ2) is 11.6. The smallest absolute Gasteiger partial charge is 0.410 e. The molecular weight excluding hydrogens is 445 g/mol. The normalized spacial score (nSPS) is 20.7. The molecule has 0 aliphatic carbocycles. The van der Waals surface area contributed by atoms with Crippen molar-refractivity contribution < 1.29 is 33.4 Å². The lowest BCUT2D eigenvalue weighted by Crippen LogP contribution is -2.51. The first-order valence-corrected chi connectivity index (χ1v) is 11.2. The number of methoxy groups -OCH3 is 2. The van der Waals surface area contributed by atoms with Crippen molar-refractivity contribution in [2.75, 3.05) is 27.3 Å². The largest absolute Gasteiger partial charge is 0.444 e. The van der Waals surface area contributed by atoms with Crippen molar-refractivity contribution in [3.05, 3.63) is 35.1 Å². The number of nitrogens with zero attached hydrogens (tertiary/aromatic N) is 2. The minimum Gasteiger partial charge on any atom is -0.444 e. The molecule has 10 heteroatoms. The molecule has 1 heterocycles. The summed E-state index contributed by atoms with van der Waals surface area (Å²) in [6.07, 6.45) is -0.841. The fourth-order valence-corrected chi connectivity index (χ4v) is 4.15. The molecule has 2 N–H and O–H groups in total. The molecule has 2 unspecified atom stereocenters. The monoisotopic (exact) mass is 481 g/mol. The topological polar surface area (TPSA) is 110 Å². The zero-order valence-corrected chi connectivity index (χ0v) is 20.9. The van der Waals surface area contributed by atoms with E-state index >= 15 is 0 Å². The Kier molecular flexibility index (Phi) is 9.40. The van der Waals surface area contributed by atoms with Gasteiger partial charge in [-0.3, -0.25) is 9.69 Å². The van der Waals surface area contributed by atoms with Gasteiger partial charge >= 0.3 is 6.09 Å². The van der Waals surface area contributed by atoms with E-state index in [1.54, 1.807) is 46.6 Å². The molecule has 1 aromatic rings. The van der Waals surface area contributed by atoms with Crippen LogP contribution in [0, 0.1) is 18.7 Å². The molecule has 0 bridgehead atoms. The zero-order valence-electron chi connectivity index (χ0n) is 20.9. The van der Waals surface area contributed by atoms with Gasteiger partial charge in [0, 0.05) is 19.8 Å². The molecule has 4 atom stereocenters. The van der Waals surface area contributed by atoms with E-state index < -0.39 is 35.6 Å². The molecule has 1 aliphatic rings. The number of carbonyl (C=O) groups is 2. The van der Waals surface area contributed by atoms with Crippen LogP contribution in [-0.2, 0) is 19.0 Å². The van der Waals surface area contributed by atoms with E-state index in [2.05, 4.69) is 10.5 Å². The van der Waals surface area contributed by atoms with Crippen LogP contribution >= 0.6 is 0 Å². The van der Waals surface area contributed by atoms with Crippen LogP contribution in [0.1, 0.15) is 45.2 Å². The Hall–Kier alpha value is -2.72. The van der Waals surface area contributed by atoms with E-state index in [-0.39, 0.29) is 24.3 Å². The minimum absolute atomic E-state index is 0.0658. The van der Waals surface area contributed by atoms with E-state index in [1.807, 2.05) is 0 Å². The molecule has 0 aromatic heterocycles. The lowest BCUT2D eigenvalue weighted by atomic mass is 9.94. The van der Waals surface area contributed by atoms with Gasteiger partial charge in [-0.1, -0.05) is 12.1 Å². The maximum atomic E-state index is 13.4. The number of likely N-dealkylation sites (tertiary alicyclic amines) is 1. The van der Waals surface area contributed by atoms with Crippen molar-refractivity contribution in [2.24, 2.45) is 11.1 Å². The summed E-state index contributed by atoms with van der Waals surface area (Å²) >= 11 is 0. The van der Waals surface area contributed by atoms with Crippen LogP contribution in [0.4, 0.5) is 9.18 Å². The lowest BCUT2D eigenvalue weighted by Gasteiger charge is -2.34. The highest BCUT2D eigenvalue weighted by atomic mass is 19.1. The second-order valence-corrected chi connectivity index (χ2v) is 9.51. The number of ether oxygens (including phenoxy) is 3. The average Bonchev–Trinajstić information content (AvgIpc) is 3.18. The van der Waals surface area contributed by atoms with Gasteiger partial charge in [-0.25, -0.2) is 9.18 Å². The molecule has 0 saturated carbocycles. The van der Waals surface area contributed by atoms with E-state index in [0.29, 0.717) is 24.1 Å². The molecule has 1 aromatic carbocycles. The van der Waals surface area contributed by atoms with E-state index in [0.717, 1.165) is 0 Å². The van der Waals surface area contributed by atoms with Crippen molar-refractivity contribution in [3.63, 3.8) is 0 Å². The van der Waals surface area contributed by atoms with Crippen LogP contribution in [0.15, 0.2) is 23.4 Å². The van der Waals surface area contributed by atoms with Gasteiger partial charge in [-0.15, -0.1) is 0 Å². The van der Waals surface area contributed by atoms with Crippen molar-refractivity contribution >= 4 is 17.7 Å². The van der Waals surface area contributed by atoms with Crippen LogP contribution in [0.3, 0.4) is 0 Å². The highest BCUT2D eigenvalue weighted by molar-refractivity contribution is 6.04. The third-order valence-corrected chi connectivity index (χ3v) is 5.87. The van der Waals surface area contributed by atoms with Crippen LogP contribution in [0.25, 0.3) is 0 Å². The molecule has 9 nitrogen and oxygen atoms in total. The first kappa shape index (κ1) is 27.5. The maximum absolute atomic E-state index is 13.4. The van der Waals surface area contributed by atoms with Crippen LogP contribution in [0.2, 0.25) is 0 Å². The number of halogens is 1. The number of oxime groups is 1. The van der Waals surface area contributed by atoms with Gasteiger partial charge in [0.2, 0.25) is 5.91 Å². The zero-order chi connectivity index (χ0) is 25.6.